The molecule has 0 aliphatic carbocycles. The van der Waals surface area contributed by atoms with E-state index in [0.717, 1.165) is 11.8 Å². The molecule has 0 saturated carbocycles. The zero-order chi connectivity index (χ0) is 23.7. The number of benzene rings is 2. The molecule has 2 N–H and O–H groups in total. The van der Waals surface area contributed by atoms with Crippen molar-refractivity contribution in [2.24, 2.45) is 11.7 Å². The number of fused-ring (bicyclic) bond motifs is 1. The number of primary amides is 1. The Bertz CT molecular complexity index is 1240. The van der Waals surface area contributed by atoms with E-state index in [1.54, 1.807) is 42.2 Å². The number of amides is 2. The summed E-state index contributed by atoms with van der Waals surface area (Å²) in [5, 5.41) is 1.25. The zero-order valence-corrected chi connectivity index (χ0v) is 19.4. The third-order valence-corrected chi connectivity index (χ3v) is 6.27. The molecule has 0 spiro atoms. The molecular formula is C24H22Cl2FN3O3. The summed E-state index contributed by atoms with van der Waals surface area (Å²) in [6.45, 7) is 2.53. The van der Waals surface area contributed by atoms with Gasteiger partial charge in [-0.2, -0.15) is 0 Å². The first-order chi connectivity index (χ1) is 15.7. The third-order valence-electron chi connectivity index (χ3n) is 5.77. The molecule has 172 valence electrons. The molecule has 0 radical (unpaired) electrons. The Morgan fingerprint density at radius 2 is 1.97 bits per heavy atom. The average molecular weight is 490 g/mol. The maximum atomic E-state index is 13.5. The van der Waals surface area contributed by atoms with Crippen LogP contribution in [0.1, 0.15) is 19.8 Å². The molecule has 1 saturated heterocycles. The van der Waals surface area contributed by atoms with E-state index in [1.807, 2.05) is 0 Å². The van der Waals surface area contributed by atoms with E-state index in [2.05, 4.69) is 4.98 Å². The maximum absolute atomic E-state index is 13.5. The second kappa shape index (κ2) is 9.53. The number of halogens is 3. The van der Waals surface area contributed by atoms with E-state index >= 15 is 0 Å². The van der Waals surface area contributed by atoms with Crippen molar-refractivity contribution in [1.29, 1.82) is 0 Å². The number of hydrogen-bond donors (Lipinski definition) is 1. The molecule has 6 nitrogen and oxygen atoms in total. The average Bonchev–Trinajstić information content (AvgIpc) is 2.78. The molecule has 33 heavy (non-hydrogen) atoms. The predicted octanol–water partition coefficient (Wildman–Crippen LogP) is 4.84. The maximum Gasteiger partial charge on any atom is 0.263 e. The Kier molecular flexibility index (Phi) is 6.72. The van der Waals surface area contributed by atoms with Crippen LogP contribution in [0, 0.1) is 11.7 Å². The highest BCUT2D eigenvalue weighted by Crippen LogP contribution is 2.36. The van der Waals surface area contributed by atoms with Gasteiger partial charge in [0.05, 0.1) is 16.5 Å². The van der Waals surface area contributed by atoms with Crippen LogP contribution in [0.25, 0.3) is 22.0 Å². The first-order valence-corrected chi connectivity index (χ1v) is 11.3. The van der Waals surface area contributed by atoms with E-state index in [9.17, 15) is 14.0 Å². The lowest BCUT2D eigenvalue weighted by atomic mass is 9.97. The Balaban J connectivity index is 1.58. The minimum atomic E-state index is -0.765. The van der Waals surface area contributed by atoms with Gasteiger partial charge in [-0.3, -0.25) is 9.59 Å². The number of ether oxygens (including phenoxy) is 1. The van der Waals surface area contributed by atoms with Gasteiger partial charge in [0.2, 0.25) is 5.91 Å². The number of aromatic nitrogens is 1. The number of pyridine rings is 1. The molecule has 2 amide bonds. The summed E-state index contributed by atoms with van der Waals surface area (Å²) < 4.78 is 19.4. The van der Waals surface area contributed by atoms with Crippen molar-refractivity contribution in [3.8, 4) is 16.9 Å². The van der Waals surface area contributed by atoms with Gasteiger partial charge in [-0.15, -0.1) is 0 Å². The molecule has 1 aliphatic heterocycles. The summed E-state index contributed by atoms with van der Waals surface area (Å²) in [5.74, 6) is -0.927. The molecule has 4 rings (SSSR count). The number of carbonyl (C=O) groups is 2. The number of hydrogen-bond acceptors (Lipinski definition) is 4. The van der Waals surface area contributed by atoms with Crippen molar-refractivity contribution in [2.75, 3.05) is 13.1 Å². The van der Waals surface area contributed by atoms with E-state index in [0.29, 0.717) is 41.9 Å². The van der Waals surface area contributed by atoms with E-state index < -0.39 is 17.8 Å². The summed E-state index contributed by atoms with van der Waals surface area (Å²) in [5.41, 5.74) is 7.28. The molecule has 3 aromatic rings. The quantitative estimate of drug-likeness (QED) is 0.519. The van der Waals surface area contributed by atoms with Crippen LogP contribution in [0.5, 0.6) is 5.75 Å². The van der Waals surface area contributed by atoms with Gasteiger partial charge in [-0.25, -0.2) is 9.37 Å². The molecule has 1 aliphatic rings. The van der Waals surface area contributed by atoms with Gasteiger partial charge in [0, 0.05) is 30.1 Å². The van der Waals surface area contributed by atoms with Crippen molar-refractivity contribution >= 4 is 45.9 Å². The number of carbonyl (C=O) groups excluding carboxylic acids is 2. The van der Waals surface area contributed by atoms with Crippen LogP contribution >= 0.6 is 23.2 Å². The van der Waals surface area contributed by atoms with Gasteiger partial charge in [-0.1, -0.05) is 23.2 Å². The van der Waals surface area contributed by atoms with E-state index in [-0.39, 0.29) is 22.0 Å². The van der Waals surface area contributed by atoms with Crippen LogP contribution in [0.15, 0.2) is 42.5 Å². The molecular weight excluding hydrogens is 468 g/mol. The molecule has 1 aromatic heterocycles. The monoisotopic (exact) mass is 489 g/mol. The normalized spacial score (nSPS) is 17.1. The van der Waals surface area contributed by atoms with Gasteiger partial charge in [0.1, 0.15) is 16.7 Å². The fraction of sp³-hybridized carbons (Fsp3) is 0.292. The number of likely N-dealkylation sites (tertiary alicyclic amines) is 1. The first kappa shape index (κ1) is 23.3. The highest BCUT2D eigenvalue weighted by atomic mass is 35.5. The molecule has 0 bridgehead atoms. The lowest BCUT2D eigenvalue weighted by Gasteiger charge is -2.33. The standard InChI is InChI=1S/C24H22Cl2FN3O3/c1-13(24(32)30-8-2-3-14(12-30)23(28)31)33-16-5-7-18-19(11-22(26)29-21(18)10-16)17-6-4-15(27)9-20(17)25/h4-7,9-11,13-14H,2-3,8,12H2,1H3,(H2,28,31)/t13-,14+/m1/s1. The summed E-state index contributed by atoms with van der Waals surface area (Å²) in [4.78, 5) is 30.4. The third kappa shape index (κ3) is 5.04. The summed E-state index contributed by atoms with van der Waals surface area (Å²) in [6.07, 6.45) is 0.643. The fourth-order valence-corrected chi connectivity index (χ4v) is 4.57. The zero-order valence-electron chi connectivity index (χ0n) is 17.9. The van der Waals surface area contributed by atoms with Crippen molar-refractivity contribution in [1.82, 2.24) is 9.88 Å². The fourth-order valence-electron chi connectivity index (χ4n) is 4.10. The Morgan fingerprint density at radius 1 is 1.18 bits per heavy atom. The van der Waals surface area contributed by atoms with Crippen molar-refractivity contribution < 1.29 is 18.7 Å². The summed E-state index contributed by atoms with van der Waals surface area (Å²) in [6, 6.07) is 11.0. The molecule has 2 atom stereocenters. The predicted molar refractivity (Wildman–Crippen MR) is 126 cm³/mol. The summed E-state index contributed by atoms with van der Waals surface area (Å²) in [7, 11) is 0. The Hall–Kier alpha value is -2.90. The topological polar surface area (TPSA) is 85.5 Å². The van der Waals surface area contributed by atoms with Crippen LogP contribution in [0.4, 0.5) is 4.39 Å². The molecule has 0 unspecified atom stereocenters. The summed E-state index contributed by atoms with van der Waals surface area (Å²) >= 11 is 12.5. The van der Waals surface area contributed by atoms with Gasteiger partial charge >= 0.3 is 0 Å². The van der Waals surface area contributed by atoms with Crippen LogP contribution in [0.2, 0.25) is 10.2 Å². The molecule has 2 heterocycles. The van der Waals surface area contributed by atoms with Gasteiger partial charge in [-0.05, 0) is 61.7 Å². The second-order valence-corrected chi connectivity index (χ2v) is 8.88. The highest BCUT2D eigenvalue weighted by Gasteiger charge is 2.30. The molecule has 2 aromatic carbocycles. The van der Waals surface area contributed by atoms with Gasteiger partial charge in [0.15, 0.2) is 6.10 Å². The minimum Gasteiger partial charge on any atom is -0.481 e. The molecule has 1 fully saturated rings. The van der Waals surface area contributed by atoms with Crippen LogP contribution < -0.4 is 10.5 Å². The number of nitrogens with zero attached hydrogens (tertiary/aromatic N) is 2. The van der Waals surface area contributed by atoms with Crippen LogP contribution in [0.3, 0.4) is 0 Å². The van der Waals surface area contributed by atoms with Gasteiger partial charge in [0.25, 0.3) is 5.91 Å². The van der Waals surface area contributed by atoms with Crippen LogP contribution in [-0.2, 0) is 9.59 Å². The Morgan fingerprint density at radius 3 is 2.70 bits per heavy atom. The lowest BCUT2D eigenvalue weighted by Crippen LogP contribution is -2.48. The smallest absolute Gasteiger partial charge is 0.263 e. The van der Waals surface area contributed by atoms with Crippen molar-refractivity contribution in [2.45, 2.75) is 25.9 Å². The first-order valence-electron chi connectivity index (χ1n) is 10.5. The number of rotatable bonds is 5. The highest BCUT2D eigenvalue weighted by molar-refractivity contribution is 6.34. The largest absolute Gasteiger partial charge is 0.481 e. The minimum absolute atomic E-state index is 0.209. The molecule has 9 heteroatoms. The number of nitrogens with two attached hydrogens (primary N) is 1. The van der Waals surface area contributed by atoms with Crippen molar-refractivity contribution in [3.05, 3.63) is 58.5 Å². The van der Waals surface area contributed by atoms with E-state index in [4.69, 9.17) is 33.7 Å². The lowest BCUT2D eigenvalue weighted by molar-refractivity contribution is -0.141. The van der Waals surface area contributed by atoms with Gasteiger partial charge < -0.3 is 15.4 Å². The van der Waals surface area contributed by atoms with E-state index in [1.165, 1.54) is 12.1 Å². The second-order valence-electron chi connectivity index (χ2n) is 8.08. The Labute approximate surface area is 200 Å². The van der Waals surface area contributed by atoms with Crippen molar-refractivity contribution in [3.63, 3.8) is 0 Å². The SMILES string of the molecule is C[C@@H](Oc1ccc2c(-c3ccc(F)cc3Cl)cc(Cl)nc2c1)C(=O)N1CCC[C@H](C(N)=O)C1. The van der Waals surface area contributed by atoms with Crippen LogP contribution in [-0.4, -0.2) is 40.9 Å². The number of piperidine rings is 1.